The first-order chi connectivity index (χ1) is 13.2. The molecule has 1 N–H and O–H groups in total. The average molecular weight is 397 g/mol. The number of hydrogen-bond donors (Lipinski definition) is 1. The maximum Gasteiger partial charge on any atom is 0.387 e. The predicted octanol–water partition coefficient (Wildman–Crippen LogP) is 4.15. The van der Waals surface area contributed by atoms with Gasteiger partial charge in [0.25, 0.3) is 5.91 Å². The Kier molecular flexibility index (Phi) is 7.14. The van der Waals surface area contributed by atoms with Crippen molar-refractivity contribution in [2.24, 2.45) is 0 Å². The minimum atomic E-state index is -2.94. The Balaban J connectivity index is 1.88. The van der Waals surface area contributed by atoms with E-state index in [0.29, 0.717) is 11.6 Å². The molecule has 0 aliphatic carbocycles. The number of halogens is 4. The number of rotatable bonds is 7. The smallest absolute Gasteiger partial charge is 0.387 e. The van der Waals surface area contributed by atoms with Gasteiger partial charge in [0, 0.05) is 12.1 Å². The highest BCUT2D eigenvalue weighted by atomic mass is 19.3. The van der Waals surface area contributed by atoms with Crippen molar-refractivity contribution in [1.82, 2.24) is 0 Å². The summed E-state index contributed by atoms with van der Waals surface area (Å²) >= 11 is 0. The molecular formula is C19H15F4NO4. The maximum atomic E-state index is 13.5. The van der Waals surface area contributed by atoms with Gasteiger partial charge in [0.2, 0.25) is 0 Å². The van der Waals surface area contributed by atoms with Crippen molar-refractivity contribution in [2.75, 3.05) is 5.32 Å². The van der Waals surface area contributed by atoms with Crippen molar-refractivity contribution in [2.45, 2.75) is 19.6 Å². The summed E-state index contributed by atoms with van der Waals surface area (Å²) in [5.74, 6) is -3.45. The van der Waals surface area contributed by atoms with Crippen molar-refractivity contribution in [3.8, 4) is 5.75 Å². The zero-order valence-electron chi connectivity index (χ0n) is 14.5. The van der Waals surface area contributed by atoms with Crippen LogP contribution in [0.5, 0.6) is 5.75 Å². The fourth-order valence-electron chi connectivity index (χ4n) is 2.02. The topological polar surface area (TPSA) is 64.6 Å². The van der Waals surface area contributed by atoms with Gasteiger partial charge in [-0.1, -0.05) is 12.1 Å². The third kappa shape index (κ3) is 6.42. The monoisotopic (exact) mass is 397 g/mol. The molecular weight excluding hydrogens is 382 g/mol. The highest BCUT2D eigenvalue weighted by molar-refractivity contribution is 5.96. The number of nitrogens with one attached hydrogen (secondary N) is 1. The first-order valence-electron chi connectivity index (χ1n) is 7.94. The number of anilines is 1. The van der Waals surface area contributed by atoms with Gasteiger partial charge in [-0.3, -0.25) is 4.79 Å². The molecule has 0 saturated carbocycles. The highest BCUT2D eigenvalue weighted by Crippen LogP contribution is 2.17. The molecule has 2 aromatic rings. The van der Waals surface area contributed by atoms with Crippen LogP contribution in [0.25, 0.3) is 6.08 Å². The average Bonchev–Trinajstić information content (AvgIpc) is 2.63. The number of benzene rings is 2. The number of ether oxygens (including phenoxy) is 2. The maximum absolute atomic E-state index is 13.5. The second-order valence-electron chi connectivity index (χ2n) is 5.47. The quantitative estimate of drug-likeness (QED) is 0.433. The van der Waals surface area contributed by atoms with Crippen LogP contribution in [0, 0.1) is 11.6 Å². The minimum Gasteiger partial charge on any atom is -0.449 e. The normalized spacial score (nSPS) is 12.1. The predicted molar refractivity (Wildman–Crippen MR) is 92.6 cm³/mol. The molecule has 5 nitrogen and oxygen atoms in total. The number of carbonyl (C=O) groups excluding carboxylic acids is 2. The first-order valence-corrected chi connectivity index (χ1v) is 7.94. The first kappa shape index (κ1) is 20.9. The molecule has 0 aromatic heterocycles. The summed E-state index contributed by atoms with van der Waals surface area (Å²) in [5, 5.41) is 2.18. The second kappa shape index (κ2) is 9.54. The molecule has 2 rings (SSSR count). The van der Waals surface area contributed by atoms with E-state index >= 15 is 0 Å². The minimum absolute atomic E-state index is 0.0342. The molecule has 9 heteroatoms. The van der Waals surface area contributed by atoms with Crippen LogP contribution in [0.4, 0.5) is 23.2 Å². The Morgan fingerprint density at radius 3 is 2.36 bits per heavy atom. The largest absolute Gasteiger partial charge is 0.449 e. The molecule has 0 aliphatic heterocycles. The van der Waals surface area contributed by atoms with E-state index < -0.39 is 36.2 Å². The van der Waals surface area contributed by atoms with E-state index in [2.05, 4.69) is 10.1 Å². The van der Waals surface area contributed by atoms with E-state index in [1.165, 1.54) is 37.3 Å². The van der Waals surface area contributed by atoms with E-state index in [4.69, 9.17) is 4.74 Å². The molecule has 1 atom stereocenters. The molecule has 1 amide bonds. The van der Waals surface area contributed by atoms with Crippen LogP contribution in [0.1, 0.15) is 12.5 Å². The number of carbonyl (C=O) groups is 2. The van der Waals surface area contributed by atoms with E-state index in [1.54, 1.807) is 0 Å². The Hall–Kier alpha value is -3.36. The van der Waals surface area contributed by atoms with Gasteiger partial charge in [0.15, 0.2) is 6.10 Å². The van der Waals surface area contributed by atoms with Gasteiger partial charge in [-0.2, -0.15) is 8.78 Å². The molecule has 148 valence electrons. The summed E-state index contributed by atoms with van der Waals surface area (Å²) in [6, 6.07) is 8.08. The molecule has 0 aliphatic rings. The zero-order valence-corrected chi connectivity index (χ0v) is 14.5. The van der Waals surface area contributed by atoms with E-state index in [9.17, 15) is 27.2 Å². The summed E-state index contributed by atoms with van der Waals surface area (Å²) in [6.07, 6.45) is 1.13. The van der Waals surface area contributed by atoms with Crippen LogP contribution in [0.3, 0.4) is 0 Å². The van der Waals surface area contributed by atoms with Crippen LogP contribution in [-0.2, 0) is 14.3 Å². The molecule has 0 spiro atoms. The zero-order chi connectivity index (χ0) is 20.7. The molecule has 0 heterocycles. The third-order valence-electron chi connectivity index (χ3n) is 3.37. The molecule has 2 aromatic carbocycles. The molecule has 0 saturated heterocycles. The molecule has 28 heavy (non-hydrogen) atoms. The number of esters is 1. The number of hydrogen-bond acceptors (Lipinski definition) is 4. The van der Waals surface area contributed by atoms with Crippen molar-refractivity contribution in [3.05, 3.63) is 65.7 Å². The van der Waals surface area contributed by atoms with Gasteiger partial charge in [-0.25, -0.2) is 13.6 Å². The van der Waals surface area contributed by atoms with Crippen LogP contribution in [0.2, 0.25) is 0 Å². The third-order valence-corrected chi connectivity index (χ3v) is 3.37. The van der Waals surface area contributed by atoms with Crippen LogP contribution >= 0.6 is 0 Å². The summed E-state index contributed by atoms with van der Waals surface area (Å²) in [6.45, 7) is -1.66. The van der Waals surface area contributed by atoms with E-state index in [0.717, 1.165) is 18.2 Å². The number of amides is 1. The molecule has 0 bridgehead atoms. The second-order valence-corrected chi connectivity index (χ2v) is 5.47. The lowest BCUT2D eigenvalue weighted by Gasteiger charge is -2.12. The van der Waals surface area contributed by atoms with Crippen molar-refractivity contribution < 1.29 is 36.6 Å². The van der Waals surface area contributed by atoms with Gasteiger partial charge in [-0.05, 0) is 42.8 Å². The summed E-state index contributed by atoms with van der Waals surface area (Å²) in [7, 11) is 0. The Morgan fingerprint density at radius 1 is 1.07 bits per heavy atom. The molecule has 0 fully saturated rings. The van der Waals surface area contributed by atoms with Crippen LogP contribution < -0.4 is 10.1 Å². The standard InChI is InChI=1S/C19H15F4NO4/c1-11(18(26)24-16-8-5-13(20)10-15(16)21)27-17(25)9-4-12-2-6-14(7-3-12)28-19(22)23/h2-11,19H,1H3,(H,24,26)/b9-4+/t11-/m1/s1. The number of alkyl halides is 2. The van der Waals surface area contributed by atoms with Gasteiger partial charge < -0.3 is 14.8 Å². The van der Waals surface area contributed by atoms with E-state index in [1.807, 2.05) is 0 Å². The fourth-order valence-corrected chi connectivity index (χ4v) is 2.02. The van der Waals surface area contributed by atoms with E-state index in [-0.39, 0.29) is 11.4 Å². The van der Waals surface area contributed by atoms with Crippen molar-refractivity contribution in [3.63, 3.8) is 0 Å². The highest BCUT2D eigenvalue weighted by Gasteiger charge is 2.18. The molecule has 0 radical (unpaired) electrons. The molecule has 0 unspecified atom stereocenters. The Labute approximate surface area is 157 Å². The fraction of sp³-hybridized carbons (Fsp3) is 0.158. The van der Waals surface area contributed by atoms with Crippen LogP contribution in [0.15, 0.2) is 48.5 Å². The van der Waals surface area contributed by atoms with Gasteiger partial charge in [0.05, 0.1) is 5.69 Å². The van der Waals surface area contributed by atoms with Crippen LogP contribution in [-0.4, -0.2) is 24.6 Å². The lowest BCUT2D eigenvalue weighted by atomic mass is 10.2. The van der Waals surface area contributed by atoms with Gasteiger partial charge in [0.1, 0.15) is 17.4 Å². The SMILES string of the molecule is C[C@@H](OC(=O)/C=C/c1ccc(OC(F)F)cc1)C(=O)Nc1ccc(F)cc1F. The van der Waals surface area contributed by atoms with Gasteiger partial charge in [-0.15, -0.1) is 0 Å². The van der Waals surface area contributed by atoms with Gasteiger partial charge >= 0.3 is 12.6 Å². The van der Waals surface area contributed by atoms with Crippen molar-refractivity contribution in [1.29, 1.82) is 0 Å². The Bertz CT molecular complexity index is 869. The lowest BCUT2D eigenvalue weighted by molar-refractivity contribution is -0.148. The van der Waals surface area contributed by atoms with Crippen molar-refractivity contribution >= 4 is 23.6 Å². The Morgan fingerprint density at radius 2 is 1.75 bits per heavy atom. The lowest BCUT2D eigenvalue weighted by Crippen LogP contribution is -2.29. The summed E-state index contributed by atoms with van der Waals surface area (Å²) < 4.78 is 59.6. The summed E-state index contributed by atoms with van der Waals surface area (Å²) in [4.78, 5) is 23.7. The summed E-state index contributed by atoms with van der Waals surface area (Å²) in [5.41, 5.74) is 0.250.